The highest BCUT2D eigenvalue weighted by Crippen LogP contribution is 2.34. The van der Waals surface area contributed by atoms with Crippen LogP contribution in [0.1, 0.15) is 32.7 Å². The van der Waals surface area contributed by atoms with Crippen molar-refractivity contribution in [1.82, 2.24) is 4.90 Å². The van der Waals surface area contributed by atoms with Crippen molar-refractivity contribution in [3.05, 3.63) is 53.1 Å². The van der Waals surface area contributed by atoms with Gasteiger partial charge in [-0.15, -0.1) is 0 Å². The molecule has 1 fully saturated rings. The molecule has 0 N–H and O–H groups in total. The first kappa shape index (κ1) is 19.1. The van der Waals surface area contributed by atoms with Gasteiger partial charge in [-0.1, -0.05) is 0 Å². The number of nitrogens with zero attached hydrogens (tertiary/aromatic N) is 1. The van der Waals surface area contributed by atoms with Crippen LogP contribution in [0.25, 0.3) is 0 Å². The second kappa shape index (κ2) is 8.03. The van der Waals surface area contributed by atoms with E-state index < -0.39 is 0 Å². The molecular formula is C22H23NO6. The first-order valence-electron chi connectivity index (χ1n) is 9.53. The van der Waals surface area contributed by atoms with E-state index in [9.17, 15) is 9.59 Å². The number of rotatable bonds is 5. The number of hydrogen-bond acceptors (Lipinski definition) is 6. The van der Waals surface area contributed by atoms with Gasteiger partial charge >= 0.3 is 5.97 Å². The van der Waals surface area contributed by atoms with E-state index in [1.54, 1.807) is 37.4 Å². The maximum atomic E-state index is 12.9. The molecule has 0 bridgehead atoms. The normalized spacial score (nSPS) is 17.3. The molecule has 2 aromatic carbocycles. The molecule has 2 aromatic rings. The van der Waals surface area contributed by atoms with Crippen LogP contribution >= 0.6 is 0 Å². The lowest BCUT2D eigenvalue weighted by molar-refractivity contribution is 0.0600. The SMILES string of the molecule is COC(=O)c1ccc(OC)c(CC2CCN(C(=O)c3ccc4c(c3)OCO4)C2)c1. The monoisotopic (exact) mass is 397 g/mol. The predicted octanol–water partition coefficient (Wildman–Crippen LogP) is 2.92. The van der Waals surface area contributed by atoms with Crippen molar-refractivity contribution in [2.75, 3.05) is 34.1 Å². The molecule has 2 aliphatic rings. The van der Waals surface area contributed by atoms with Gasteiger partial charge in [-0.3, -0.25) is 4.79 Å². The summed E-state index contributed by atoms with van der Waals surface area (Å²) >= 11 is 0. The molecule has 0 radical (unpaired) electrons. The molecule has 7 heteroatoms. The van der Waals surface area contributed by atoms with E-state index in [-0.39, 0.29) is 24.6 Å². The molecule has 1 amide bonds. The van der Waals surface area contributed by atoms with Crippen molar-refractivity contribution in [2.45, 2.75) is 12.8 Å². The van der Waals surface area contributed by atoms with Crippen molar-refractivity contribution in [3.8, 4) is 17.2 Å². The first-order valence-corrected chi connectivity index (χ1v) is 9.53. The van der Waals surface area contributed by atoms with Crippen LogP contribution < -0.4 is 14.2 Å². The van der Waals surface area contributed by atoms with Gasteiger partial charge in [0.05, 0.1) is 19.8 Å². The quantitative estimate of drug-likeness (QED) is 0.723. The van der Waals surface area contributed by atoms with Gasteiger partial charge in [0.25, 0.3) is 5.91 Å². The first-order chi connectivity index (χ1) is 14.1. The molecule has 0 aliphatic carbocycles. The number of ether oxygens (including phenoxy) is 4. The molecule has 4 rings (SSSR count). The molecule has 1 atom stereocenters. The zero-order chi connectivity index (χ0) is 20.4. The largest absolute Gasteiger partial charge is 0.496 e. The van der Waals surface area contributed by atoms with E-state index in [0.29, 0.717) is 35.7 Å². The van der Waals surface area contributed by atoms with E-state index in [2.05, 4.69) is 0 Å². The van der Waals surface area contributed by atoms with Gasteiger partial charge in [0.15, 0.2) is 11.5 Å². The minimum absolute atomic E-state index is 0.0129. The maximum absolute atomic E-state index is 12.9. The molecule has 1 unspecified atom stereocenters. The van der Waals surface area contributed by atoms with E-state index in [1.165, 1.54) is 7.11 Å². The summed E-state index contributed by atoms with van der Waals surface area (Å²) in [6, 6.07) is 10.6. The van der Waals surface area contributed by atoms with Crippen molar-refractivity contribution in [3.63, 3.8) is 0 Å². The summed E-state index contributed by atoms with van der Waals surface area (Å²) in [4.78, 5) is 26.6. The molecule has 7 nitrogen and oxygen atoms in total. The second-order valence-electron chi connectivity index (χ2n) is 7.20. The number of carbonyl (C=O) groups is 2. The number of likely N-dealkylation sites (tertiary alicyclic amines) is 1. The van der Waals surface area contributed by atoms with Gasteiger partial charge < -0.3 is 23.8 Å². The predicted molar refractivity (Wildman–Crippen MR) is 105 cm³/mol. The Kier molecular flexibility index (Phi) is 5.29. The van der Waals surface area contributed by atoms with Crippen LogP contribution in [0.5, 0.6) is 17.2 Å². The Morgan fingerprint density at radius 1 is 1.07 bits per heavy atom. The van der Waals surface area contributed by atoms with Crippen LogP contribution in [-0.4, -0.2) is 50.9 Å². The third kappa shape index (κ3) is 3.85. The number of methoxy groups -OCH3 is 2. The summed E-state index contributed by atoms with van der Waals surface area (Å²) in [7, 11) is 2.98. The Hall–Kier alpha value is -3.22. The molecular weight excluding hydrogens is 374 g/mol. The number of fused-ring (bicyclic) bond motifs is 1. The Morgan fingerprint density at radius 3 is 2.66 bits per heavy atom. The number of amides is 1. The standard InChI is InChI=1S/C22H23NO6/c1-26-18-5-4-16(22(25)27-2)10-17(18)9-14-7-8-23(12-14)21(24)15-3-6-19-20(11-15)29-13-28-19/h3-6,10-11,14H,7-9,12-13H2,1-2H3. The molecule has 1 saturated heterocycles. The summed E-state index contributed by atoms with van der Waals surface area (Å²) in [6.07, 6.45) is 1.61. The smallest absolute Gasteiger partial charge is 0.337 e. The van der Waals surface area contributed by atoms with Crippen molar-refractivity contribution >= 4 is 11.9 Å². The highest BCUT2D eigenvalue weighted by atomic mass is 16.7. The fourth-order valence-electron chi connectivity index (χ4n) is 3.89. The molecule has 152 valence electrons. The fraction of sp³-hybridized carbons (Fsp3) is 0.364. The number of carbonyl (C=O) groups excluding carboxylic acids is 2. The summed E-state index contributed by atoms with van der Waals surface area (Å²) < 4.78 is 20.9. The van der Waals surface area contributed by atoms with Gasteiger partial charge in [0.1, 0.15) is 5.75 Å². The average Bonchev–Trinajstić information content (AvgIpc) is 3.41. The summed E-state index contributed by atoms with van der Waals surface area (Å²) in [6.45, 7) is 1.53. The summed E-state index contributed by atoms with van der Waals surface area (Å²) in [5.74, 6) is 1.91. The third-order valence-corrected chi connectivity index (χ3v) is 5.40. The summed E-state index contributed by atoms with van der Waals surface area (Å²) in [5, 5.41) is 0. The van der Waals surface area contributed by atoms with E-state index in [1.807, 2.05) is 11.0 Å². The lowest BCUT2D eigenvalue weighted by atomic mass is 9.96. The third-order valence-electron chi connectivity index (χ3n) is 5.40. The van der Waals surface area contributed by atoms with Crippen molar-refractivity contribution < 1.29 is 28.5 Å². The topological polar surface area (TPSA) is 74.3 Å². The minimum Gasteiger partial charge on any atom is -0.496 e. The zero-order valence-corrected chi connectivity index (χ0v) is 16.5. The van der Waals surface area contributed by atoms with E-state index >= 15 is 0 Å². The van der Waals surface area contributed by atoms with Crippen molar-refractivity contribution in [1.29, 1.82) is 0 Å². The van der Waals surface area contributed by atoms with Gasteiger partial charge in [0, 0.05) is 18.7 Å². The second-order valence-corrected chi connectivity index (χ2v) is 7.20. The number of esters is 1. The zero-order valence-electron chi connectivity index (χ0n) is 16.5. The van der Waals surface area contributed by atoms with Gasteiger partial charge in [-0.05, 0) is 60.7 Å². The summed E-state index contributed by atoms with van der Waals surface area (Å²) in [5.41, 5.74) is 2.03. The fourth-order valence-corrected chi connectivity index (χ4v) is 3.89. The molecule has 2 aliphatic heterocycles. The Balaban J connectivity index is 1.45. The van der Waals surface area contributed by atoms with Crippen LogP contribution in [0, 0.1) is 5.92 Å². The van der Waals surface area contributed by atoms with Crippen LogP contribution in [0.2, 0.25) is 0 Å². The van der Waals surface area contributed by atoms with Crippen molar-refractivity contribution in [2.24, 2.45) is 5.92 Å². The molecule has 0 spiro atoms. The lowest BCUT2D eigenvalue weighted by Crippen LogP contribution is -2.28. The van der Waals surface area contributed by atoms with Crippen LogP contribution in [0.3, 0.4) is 0 Å². The van der Waals surface area contributed by atoms with Crippen LogP contribution in [0.15, 0.2) is 36.4 Å². The Morgan fingerprint density at radius 2 is 1.86 bits per heavy atom. The van der Waals surface area contributed by atoms with Gasteiger partial charge in [-0.2, -0.15) is 0 Å². The number of hydrogen-bond donors (Lipinski definition) is 0. The molecule has 0 aromatic heterocycles. The maximum Gasteiger partial charge on any atom is 0.337 e. The van der Waals surface area contributed by atoms with E-state index in [4.69, 9.17) is 18.9 Å². The van der Waals surface area contributed by atoms with Crippen LogP contribution in [0.4, 0.5) is 0 Å². The lowest BCUT2D eigenvalue weighted by Gasteiger charge is -2.18. The molecule has 2 heterocycles. The Labute approximate surface area is 169 Å². The average molecular weight is 397 g/mol. The van der Waals surface area contributed by atoms with Gasteiger partial charge in [0.2, 0.25) is 6.79 Å². The van der Waals surface area contributed by atoms with Crippen LogP contribution in [-0.2, 0) is 11.2 Å². The highest BCUT2D eigenvalue weighted by Gasteiger charge is 2.29. The molecule has 29 heavy (non-hydrogen) atoms. The Bertz CT molecular complexity index is 941. The highest BCUT2D eigenvalue weighted by molar-refractivity contribution is 5.95. The minimum atomic E-state index is -0.375. The number of benzene rings is 2. The van der Waals surface area contributed by atoms with Gasteiger partial charge in [-0.25, -0.2) is 4.79 Å². The molecule has 0 saturated carbocycles. The van der Waals surface area contributed by atoms with E-state index in [0.717, 1.165) is 24.2 Å².